The van der Waals surface area contributed by atoms with Crippen molar-refractivity contribution in [3.63, 3.8) is 0 Å². The molecule has 0 bridgehead atoms. The zero-order chi connectivity index (χ0) is 18.4. The van der Waals surface area contributed by atoms with Crippen LogP contribution in [0, 0.1) is 0 Å². The lowest BCUT2D eigenvalue weighted by molar-refractivity contribution is 0.236. The standard InChI is InChI=1S/C20H26N2O3/c1-6-22(16-10-8-7-9-11-16)19(23)21-20(2,3)15-12-13-17(24-4)18(14-15)25-5/h7-14H,6H2,1-5H3,(H,21,23). The van der Waals surface area contributed by atoms with E-state index >= 15 is 0 Å². The Labute approximate surface area is 149 Å². The smallest absolute Gasteiger partial charge is 0.322 e. The van der Waals surface area contributed by atoms with Gasteiger partial charge in [-0.15, -0.1) is 0 Å². The van der Waals surface area contributed by atoms with Crippen LogP contribution in [0.4, 0.5) is 10.5 Å². The Morgan fingerprint density at radius 1 is 1.04 bits per heavy atom. The van der Waals surface area contributed by atoms with E-state index in [1.807, 2.05) is 69.3 Å². The van der Waals surface area contributed by atoms with Crippen LogP contribution in [0.15, 0.2) is 48.5 Å². The molecule has 0 fully saturated rings. The molecule has 0 unspecified atom stereocenters. The summed E-state index contributed by atoms with van der Waals surface area (Å²) in [7, 11) is 3.20. The molecule has 0 aliphatic rings. The Kier molecular flexibility index (Phi) is 5.91. The number of carbonyl (C=O) groups excluding carboxylic acids is 1. The molecule has 0 saturated heterocycles. The first-order chi connectivity index (χ1) is 11.9. The molecule has 2 amide bonds. The quantitative estimate of drug-likeness (QED) is 0.857. The first-order valence-corrected chi connectivity index (χ1v) is 8.30. The van der Waals surface area contributed by atoms with Gasteiger partial charge in [-0.3, -0.25) is 4.90 Å². The SMILES string of the molecule is CCN(C(=O)NC(C)(C)c1ccc(OC)c(OC)c1)c1ccccc1. The van der Waals surface area contributed by atoms with E-state index in [0.717, 1.165) is 11.3 Å². The highest BCUT2D eigenvalue weighted by Crippen LogP contribution is 2.32. The molecule has 0 aromatic heterocycles. The number of urea groups is 1. The Morgan fingerprint density at radius 2 is 1.68 bits per heavy atom. The van der Waals surface area contributed by atoms with Crippen LogP contribution in [-0.4, -0.2) is 26.8 Å². The van der Waals surface area contributed by atoms with Crippen LogP contribution < -0.4 is 19.7 Å². The summed E-state index contributed by atoms with van der Waals surface area (Å²) in [6.07, 6.45) is 0. The summed E-state index contributed by atoms with van der Waals surface area (Å²) in [4.78, 5) is 14.5. The molecule has 2 aromatic carbocycles. The number of benzene rings is 2. The van der Waals surface area contributed by atoms with Crippen LogP contribution in [0.25, 0.3) is 0 Å². The number of amides is 2. The molecule has 2 aromatic rings. The van der Waals surface area contributed by atoms with Gasteiger partial charge in [0.2, 0.25) is 0 Å². The van der Waals surface area contributed by atoms with Gasteiger partial charge in [0.25, 0.3) is 0 Å². The fourth-order valence-electron chi connectivity index (χ4n) is 2.68. The third kappa shape index (κ3) is 4.24. The van der Waals surface area contributed by atoms with Crippen LogP contribution in [0.3, 0.4) is 0 Å². The van der Waals surface area contributed by atoms with E-state index in [4.69, 9.17) is 9.47 Å². The second kappa shape index (κ2) is 7.92. The normalized spacial score (nSPS) is 10.9. The van der Waals surface area contributed by atoms with E-state index in [2.05, 4.69) is 5.32 Å². The lowest BCUT2D eigenvalue weighted by Gasteiger charge is -2.31. The van der Waals surface area contributed by atoms with Crippen molar-refractivity contribution in [3.05, 3.63) is 54.1 Å². The predicted molar refractivity (Wildman–Crippen MR) is 101 cm³/mol. The molecule has 1 N–H and O–H groups in total. The number of ether oxygens (including phenoxy) is 2. The predicted octanol–water partition coefficient (Wildman–Crippen LogP) is 4.18. The van der Waals surface area contributed by atoms with Crippen molar-refractivity contribution >= 4 is 11.7 Å². The van der Waals surface area contributed by atoms with Crippen molar-refractivity contribution in [1.29, 1.82) is 0 Å². The zero-order valence-electron chi connectivity index (χ0n) is 15.5. The van der Waals surface area contributed by atoms with E-state index in [0.29, 0.717) is 18.0 Å². The van der Waals surface area contributed by atoms with Crippen molar-refractivity contribution in [1.82, 2.24) is 5.32 Å². The Balaban J connectivity index is 2.23. The number of nitrogens with zero attached hydrogens (tertiary/aromatic N) is 1. The van der Waals surface area contributed by atoms with Gasteiger partial charge in [0.15, 0.2) is 11.5 Å². The molecular formula is C20H26N2O3. The topological polar surface area (TPSA) is 50.8 Å². The number of nitrogens with one attached hydrogen (secondary N) is 1. The molecule has 25 heavy (non-hydrogen) atoms. The summed E-state index contributed by atoms with van der Waals surface area (Å²) in [6.45, 7) is 6.46. The average molecular weight is 342 g/mol. The largest absolute Gasteiger partial charge is 0.493 e. The fourth-order valence-corrected chi connectivity index (χ4v) is 2.68. The number of carbonyl (C=O) groups is 1. The lowest BCUT2D eigenvalue weighted by Crippen LogP contribution is -2.48. The summed E-state index contributed by atoms with van der Waals surface area (Å²) in [6, 6.07) is 15.1. The van der Waals surface area contributed by atoms with Crippen LogP contribution in [0.1, 0.15) is 26.3 Å². The number of para-hydroxylation sites is 1. The molecule has 0 aliphatic heterocycles. The maximum Gasteiger partial charge on any atom is 0.322 e. The van der Waals surface area contributed by atoms with Crippen molar-refractivity contribution in [3.8, 4) is 11.5 Å². The van der Waals surface area contributed by atoms with Crippen LogP contribution in [0.2, 0.25) is 0 Å². The first-order valence-electron chi connectivity index (χ1n) is 8.30. The minimum Gasteiger partial charge on any atom is -0.493 e. The average Bonchev–Trinajstić information content (AvgIpc) is 2.62. The van der Waals surface area contributed by atoms with Gasteiger partial charge in [0.1, 0.15) is 0 Å². The molecule has 5 heteroatoms. The molecule has 5 nitrogen and oxygen atoms in total. The van der Waals surface area contributed by atoms with Gasteiger partial charge >= 0.3 is 6.03 Å². The molecular weight excluding hydrogens is 316 g/mol. The minimum atomic E-state index is -0.571. The minimum absolute atomic E-state index is 0.145. The van der Waals surface area contributed by atoms with Crippen LogP contribution >= 0.6 is 0 Å². The Hall–Kier alpha value is -2.69. The third-order valence-electron chi connectivity index (χ3n) is 4.15. The monoisotopic (exact) mass is 342 g/mol. The third-order valence-corrected chi connectivity index (χ3v) is 4.15. The van der Waals surface area contributed by atoms with E-state index in [9.17, 15) is 4.79 Å². The van der Waals surface area contributed by atoms with Crippen molar-refractivity contribution in [2.75, 3.05) is 25.7 Å². The number of hydrogen-bond donors (Lipinski definition) is 1. The Morgan fingerprint density at radius 3 is 2.24 bits per heavy atom. The summed E-state index contributed by atoms with van der Waals surface area (Å²) in [5.74, 6) is 1.30. The van der Waals surface area contributed by atoms with Gasteiger partial charge in [0.05, 0.1) is 19.8 Å². The van der Waals surface area contributed by atoms with Crippen molar-refractivity contribution < 1.29 is 14.3 Å². The van der Waals surface area contributed by atoms with E-state index in [-0.39, 0.29) is 6.03 Å². The zero-order valence-corrected chi connectivity index (χ0v) is 15.5. The van der Waals surface area contributed by atoms with E-state index in [1.54, 1.807) is 19.1 Å². The van der Waals surface area contributed by atoms with E-state index in [1.165, 1.54) is 0 Å². The van der Waals surface area contributed by atoms with Gasteiger partial charge in [-0.25, -0.2) is 4.79 Å². The maximum atomic E-state index is 12.8. The molecule has 134 valence electrons. The lowest BCUT2D eigenvalue weighted by atomic mass is 9.94. The Bertz CT molecular complexity index is 714. The molecule has 0 aliphatic carbocycles. The molecule has 0 heterocycles. The highest BCUT2D eigenvalue weighted by Gasteiger charge is 2.27. The molecule has 0 radical (unpaired) electrons. The van der Waals surface area contributed by atoms with Gasteiger partial charge < -0.3 is 14.8 Å². The summed E-state index contributed by atoms with van der Waals surface area (Å²) in [5.41, 5.74) is 1.23. The van der Waals surface area contributed by atoms with Gasteiger partial charge in [-0.05, 0) is 50.6 Å². The van der Waals surface area contributed by atoms with Gasteiger partial charge in [-0.1, -0.05) is 24.3 Å². The van der Waals surface area contributed by atoms with Crippen LogP contribution in [-0.2, 0) is 5.54 Å². The van der Waals surface area contributed by atoms with Gasteiger partial charge in [0, 0.05) is 12.2 Å². The maximum absolute atomic E-state index is 12.8. The molecule has 0 atom stereocenters. The van der Waals surface area contributed by atoms with Crippen molar-refractivity contribution in [2.45, 2.75) is 26.3 Å². The number of rotatable bonds is 6. The van der Waals surface area contributed by atoms with Gasteiger partial charge in [-0.2, -0.15) is 0 Å². The first kappa shape index (κ1) is 18.6. The summed E-state index contributed by atoms with van der Waals surface area (Å²) < 4.78 is 10.6. The number of hydrogen-bond acceptors (Lipinski definition) is 3. The number of methoxy groups -OCH3 is 2. The second-order valence-corrected chi connectivity index (χ2v) is 6.20. The summed E-state index contributed by atoms with van der Waals surface area (Å²) in [5, 5.41) is 3.10. The fraction of sp³-hybridized carbons (Fsp3) is 0.350. The van der Waals surface area contributed by atoms with E-state index < -0.39 is 5.54 Å². The highest BCUT2D eigenvalue weighted by molar-refractivity contribution is 5.92. The number of anilines is 1. The molecule has 2 rings (SSSR count). The summed E-state index contributed by atoms with van der Waals surface area (Å²) >= 11 is 0. The molecule has 0 spiro atoms. The highest BCUT2D eigenvalue weighted by atomic mass is 16.5. The van der Waals surface area contributed by atoms with Crippen molar-refractivity contribution in [2.24, 2.45) is 0 Å². The molecule has 0 saturated carbocycles. The van der Waals surface area contributed by atoms with Crippen LogP contribution in [0.5, 0.6) is 11.5 Å². The second-order valence-electron chi connectivity index (χ2n) is 6.20.